The topological polar surface area (TPSA) is 26.3 Å². The number of hydrogen-bond donors (Lipinski definition) is 0. The summed E-state index contributed by atoms with van der Waals surface area (Å²) < 4.78 is 4.84. The van der Waals surface area contributed by atoms with Crippen molar-refractivity contribution >= 4 is 5.78 Å². The van der Waals surface area contributed by atoms with Crippen LogP contribution in [0, 0.1) is 0 Å². The minimum Gasteiger partial charge on any atom is -0.504 e. The highest BCUT2D eigenvalue weighted by Crippen LogP contribution is 2.25. The molecule has 0 fully saturated rings. The van der Waals surface area contributed by atoms with Crippen LogP contribution in [0.5, 0.6) is 0 Å². The Morgan fingerprint density at radius 1 is 1.38 bits per heavy atom. The highest BCUT2D eigenvalue weighted by atomic mass is 16.5. The van der Waals surface area contributed by atoms with E-state index in [9.17, 15) is 4.79 Å². The van der Waals surface area contributed by atoms with Gasteiger partial charge in [0.15, 0.2) is 5.78 Å². The Hall–Kier alpha value is -1.57. The van der Waals surface area contributed by atoms with E-state index in [0.29, 0.717) is 6.42 Å². The second kappa shape index (κ2) is 3.05. The summed E-state index contributed by atoms with van der Waals surface area (Å²) in [6.07, 6.45) is 2.23. The molecule has 0 amide bonds. The van der Waals surface area contributed by atoms with Crippen molar-refractivity contribution < 1.29 is 9.53 Å². The van der Waals surface area contributed by atoms with Gasteiger partial charge in [-0.05, 0) is 5.56 Å². The maximum absolute atomic E-state index is 11.6. The quantitative estimate of drug-likeness (QED) is 0.480. The van der Waals surface area contributed by atoms with E-state index >= 15 is 0 Å². The van der Waals surface area contributed by atoms with E-state index in [1.165, 1.54) is 6.26 Å². The van der Waals surface area contributed by atoms with Gasteiger partial charge in [-0.3, -0.25) is 4.79 Å². The van der Waals surface area contributed by atoms with Crippen LogP contribution in [0.2, 0.25) is 0 Å². The minimum absolute atomic E-state index is 0.0949. The van der Waals surface area contributed by atoms with Crippen molar-refractivity contribution in [2.45, 2.75) is 6.42 Å². The summed E-state index contributed by atoms with van der Waals surface area (Å²) in [6, 6.07) is 7.66. The Kier molecular flexibility index (Phi) is 1.89. The molecule has 0 unspecified atom stereocenters. The average Bonchev–Trinajstić information content (AvgIpc) is 2.46. The Labute approximate surface area is 76.8 Å². The summed E-state index contributed by atoms with van der Waals surface area (Å²) >= 11 is 0. The van der Waals surface area contributed by atoms with Crippen molar-refractivity contribution in [2.75, 3.05) is 7.11 Å². The van der Waals surface area contributed by atoms with E-state index < -0.39 is 0 Å². The zero-order chi connectivity index (χ0) is 9.26. The molecule has 0 N–H and O–H groups in total. The van der Waals surface area contributed by atoms with Gasteiger partial charge in [0.2, 0.25) is 0 Å². The molecule has 1 aromatic carbocycles. The van der Waals surface area contributed by atoms with Gasteiger partial charge < -0.3 is 4.74 Å². The van der Waals surface area contributed by atoms with Crippen LogP contribution in [-0.2, 0) is 11.2 Å². The van der Waals surface area contributed by atoms with Gasteiger partial charge in [0.05, 0.1) is 13.4 Å². The third-order valence-electron chi connectivity index (χ3n) is 2.19. The highest BCUT2D eigenvalue weighted by molar-refractivity contribution is 6.12. The van der Waals surface area contributed by atoms with Crippen LogP contribution in [0.15, 0.2) is 36.1 Å². The molecular formula is C11H10O2. The fourth-order valence-electron chi connectivity index (χ4n) is 1.59. The number of ketones is 1. The molecule has 2 nitrogen and oxygen atoms in total. The van der Waals surface area contributed by atoms with Crippen molar-refractivity contribution in [3.8, 4) is 0 Å². The highest BCUT2D eigenvalue weighted by Gasteiger charge is 2.23. The lowest BCUT2D eigenvalue weighted by molar-refractivity contribution is 0.103. The standard InChI is InChI=1S/C11H10O2/c1-13-7-9-6-8-4-2-3-5-10(8)11(9)12/h2-5,7H,6H2,1H3/b9-7-. The van der Waals surface area contributed by atoms with Gasteiger partial charge in [0.25, 0.3) is 0 Å². The SMILES string of the molecule is CO/C=C1/Cc2ccccc2C1=O. The Morgan fingerprint density at radius 3 is 2.85 bits per heavy atom. The van der Waals surface area contributed by atoms with E-state index in [4.69, 9.17) is 4.74 Å². The number of Topliss-reactive ketones (excluding diaryl/α,β-unsaturated/α-hetero) is 1. The summed E-state index contributed by atoms with van der Waals surface area (Å²) in [5.74, 6) is 0.0949. The van der Waals surface area contributed by atoms with E-state index in [2.05, 4.69) is 0 Å². The molecule has 0 aliphatic heterocycles. The molecule has 1 aliphatic carbocycles. The summed E-state index contributed by atoms with van der Waals surface area (Å²) in [5, 5.41) is 0. The van der Waals surface area contributed by atoms with E-state index in [1.54, 1.807) is 7.11 Å². The largest absolute Gasteiger partial charge is 0.504 e. The van der Waals surface area contributed by atoms with Crippen LogP contribution in [0.1, 0.15) is 15.9 Å². The lowest BCUT2D eigenvalue weighted by Gasteiger charge is -1.92. The predicted octanol–water partition coefficient (Wildman–Crippen LogP) is 1.96. The summed E-state index contributed by atoms with van der Waals surface area (Å²) in [6.45, 7) is 0. The predicted molar refractivity (Wildman–Crippen MR) is 49.6 cm³/mol. The second-order valence-corrected chi connectivity index (χ2v) is 3.04. The molecule has 2 rings (SSSR count). The van der Waals surface area contributed by atoms with Crippen LogP contribution in [0.3, 0.4) is 0 Å². The van der Waals surface area contributed by atoms with E-state index in [-0.39, 0.29) is 5.78 Å². The van der Waals surface area contributed by atoms with E-state index in [0.717, 1.165) is 16.7 Å². The Morgan fingerprint density at radius 2 is 2.15 bits per heavy atom. The number of methoxy groups -OCH3 is 1. The van der Waals surface area contributed by atoms with Crippen LogP contribution >= 0.6 is 0 Å². The first kappa shape index (κ1) is 8.05. The molecule has 1 aliphatic rings. The number of ether oxygens (including phenoxy) is 1. The lowest BCUT2D eigenvalue weighted by atomic mass is 10.1. The average molecular weight is 174 g/mol. The fraction of sp³-hybridized carbons (Fsp3) is 0.182. The number of benzene rings is 1. The first-order valence-corrected chi connectivity index (χ1v) is 4.17. The molecule has 0 saturated heterocycles. The maximum atomic E-state index is 11.6. The zero-order valence-electron chi connectivity index (χ0n) is 7.41. The molecule has 0 atom stereocenters. The van der Waals surface area contributed by atoms with Crippen molar-refractivity contribution in [1.82, 2.24) is 0 Å². The fourth-order valence-corrected chi connectivity index (χ4v) is 1.59. The number of allylic oxidation sites excluding steroid dienone is 1. The van der Waals surface area contributed by atoms with Gasteiger partial charge in [-0.25, -0.2) is 0 Å². The molecule has 1 aromatic rings. The molecule has 0 bridgehead atoms. The van der Waals surface area contributed by atoms with E-state index in [1.807, 2.05) is 24.3 Å². The van der Waals surface area contributed by atoms with Crippen molar-refractivity contribution in [1.29, 1.82) is 0 Å². The molecule has 0 saturated carbocycles. The third-order valence-corrected chi connectivity index (χ3v) is 2.19. The summed E-state index contributed by atoms with van der Waals surface area (Å²) in [7, 11) is 1.56. The van der Waals surface area contributed by atoms with Crippen molar-refractivity contribution in [3.63, 3.8) is 0 Å². The summed E-state index contributed by atoms with van der Waals surface area (Å²) in [5.41, 5.74) is 2.64. The molecule has 0 aromatic heterocycles. The number of rotatable bonds is 1. The Balaban J connectivity index is 2.44. The van der Waals surface area contributed by atoms with Gasteiger partial charge in [0.1, 0.15) is 0 Å². The molecule has 2 heteroatoms. The third kappa shape index (κ3) is 1.24. The van der Waals surface area contributed by atoms with Gasteiger partial charge in [-0.2, -0.15) is 0 Å². The molecule has 66 valence electrons. The lowest BCUT2D eigenvalue weighted by Crippen LogP contribution is -1.95. The number of hydrogen-bond acceptors (Lipinski definition) is 2. The molecule has 0 heterocycles. The molecule has 13 heavy (non-hydrogen) atoms. The first-order valence-electron chi connectivity index (χ1n) is 4.17. The van der Waals surface area contributed by atoms with Gasteiger partial charge in [0, 0.05) is 17.6 Å². The van der Waals surface area contributed by atoms with Crippen LogP contribution in [0.4, 0.5) is 0 Å². The zero-order valence-corrected chi connectivity index (χ0v) is 7.41. The van der Waals surface area contributed by atoms with Gasteiger partial charge in [-0.15, -0.1) is 0 Å². The summed E-state index contributed by atoms with van der Waals surface area (Å²) in [4.78, 5) is 11.6. The van der Waals surface area contributed by atoms with Crippen LogP contribution in [-0.4, -0.2) is 12.9 Å². The minimum atomic E-state index is 0.0949. The molecule has 0 spiro atoms. The Bertz CT molecular complexity index is 377. The van der Waals surface area contributed by atoms with Gasteiger partial charge in [-0.1, -0.05) is 24.3 Å². The smallest absolute Gasteiger partial charge is 0.192 e. The second-order valence-electron chi connectivity index (χ2n) is 3.04. The molecular weight excluding hydrogens is 164 g/mol. The number of carbonyl (C=O) groups is 1. The monoisotopic (exact) mass is 174 g/mol. The van der Waals surface area contributed by atoms with Crippen molar-refractivity contribution in [3.05, 3.63) is 47.2 Å². The maximum Gasteiger partial charge on any atom is 0.192 e. The number of carbonyl (C=O) groups excluding carboxylic acids is 1. The molecule has 0 radical (unpaired) electrons. The van der Waals surface area contributed by atoms with Crippen LogP contribution in [0.25, 0.3) is 0 Å². The number of fused-ring (bicyclic) bond motifs is 1. The van der Waals surface area contributed by atoms with Gasteiger partial charge >= 0.3 is 0 Å². The normalized spacial score (nSPS) is 17.6. The van der Waals surface area contributed by atoms with Crippen LogP contribution < -0.4 is 0 Å². The first-order chi connectivity index (χ1) is 6.33. The van der Waals surface area contributed by atoms with Crippen molar-refractivity contribution in [2.24, 2.45) is 0 Å².